The van der Waals surface area contributed by atoms with Crippen molar-refractivity contribution in [1.29, 1.82) is 0 Å². The van der Waals surface area contributed by atoms with Gasteiger partial charge in [-0.15, -0.1) is 0 Å². The van der Waals surface area contributed by atoms with Gasteiger partial charge < -0.3 is 9.47 Å². The second-order valence-corrected chi connectivity index (χ2v) is 5.92. The summed E-state index contributed by atoms with van der Waals surface area (Å²) in [5.41, 5.74) is 0.559. The second-order valence-electron chi connectivity index (χ2n) is 5.92. The Morgan fingerprint density at radius 1 is 1.30 bits per heavy atom. The Balaban J connectivity index is 2.08. The highest BCUT2D eigenvalue weighted by molar-refractivity contribution is 5.84. The minimum atomic E-state index is -0.452. The van der Waals surface area contributed by atoms with Gasteiger partial charge in [0.05, 0.1) is 12.7 Å². The number of ether oxygens (including phenoxy) is 2. The molecule has 0 radical (unpaired) electrons. The largest absolute Gasteiger partial charge is 0.348 e. The van der Waals surface area contributed by atoms with Crippen LogP contribution in [-0.2, 0) is 14.3 Å². The first-order valence-corrected chi connectivity index (χ1v) is 7.41. The van der Waals surface area contributed by atoms with Crippen LogP contribution in [-0.4, -0.2) is 18.5 Å². The molecule has 1 aliphatic heterocycles. The summed E-state index contributed by atoms with van der Waals surface area (Å²) in [6.45, 7) is 6.64. The number of benzene rings is 1. The molecule has 1 saturated heterocycles. The van der Waals surface area contributed by atoms with E-state index in [0.717, 1.165) is 18.4 Å². The fourth-order valence-electron chi connectivity index (χ4n) is 2.58. The smallest absolute Gasteiger partial charge is 0.184 e. The van der Waals surface area contributed by atoms with Gasteiger partial charge in [-0.3, -0.25) is 4.79 Å². The zero-order valence-corrected chi connectivity index (χ0v) is 12.6. The van der Waals surface area contributed by atoms with E-state index in [1.807, 2.05) is 51.1 Å². The first-order chi connectivity index (χ1) is 9.55. The summed E-state index contributed by atoms with van der Waals surface area (Å²) in [7, 11) is 0. The molecule has 0 saturated carbocycles. The highest BCUT2D eigenvalue weighted by atomic mass is 16.7. The lowest BCUT2D eigenvalue weighted by atomic mass is 9.78. The molecule has 0 aromatic heterocycles. The van der Waals surface area contributed by atoms with E-state index in [0.29, 0.717) is 13.0 Å². The summed E-state index contributed by atoms with van der Waals surface area (Å²) in [6, 6.07) is 9.90. The Labute approximate surface area is 121 Å². The third-order valence-electron chi connectivity index (χ3n) is 4.01. The fraction of sp³-hybridized carbons (Fsp3) is 0.588. The third-order valence-corrected chi connectivity index (χ3v) is 4.01. The van der Waals surface area contributed by atoms with Gasteiger partial charge in [-0.05, 0) is 12.8 Å². The average molecular weight is 276 g/mol. The molecule has 0 N–H and O–H groups in total. The van der Waals surface area contributed by atoms with Crippen LogP contribution in [0.2, 0.25) is 0 Å². The van der Waals surface area contributed by atoms with Gasteiger partial charge in [0.1, 0.15) is 5.78 Å². The third kappa shape index (κ3) is 3.28. The number of hydrogen-bond donors (Lipinski definition) is 0. The van der Waals surface area contributed by atoms with Crippen LogP contribution in [0.25, 0.3) is 0 Å². The number of ketones is 1. The molecule has 1 aromatic carbocycles. The van der Waals surface area contributed by atoms with E-state index in [1.54, 1.807) is 0 Å². The Morgan fingerprint density at radius 3 is 2.65 bits per heavy atom. The van der Waals surface area contributed by atoms with Crippen molar-refractivity contribution in [3.63, 3.8) is 0 Å². The monoisotopic (exact) mass is 276 g/mol. The molecule has 0 bridgehead atoms. The van der Waals surface area contributed by atoms with Crippen LogP contribution in [0.15, 0.2) is 30.3 Å². The lowest BCUT2D eigenvalue weighted by Crippen LogP contribution is -2.43. The number of carbonyl (C=O) groups excluding carboxylic acids is 1. The van der Waals surface area contributed by atoms with Gasteiger partial charge in [0, 0.05) is 17.4 Å². The predicted molar refractivity (Wildman–Crippen MR) is 78.3 cm³/mol. The van der Waals surface area contributed by atoms with E-state index in [-0.39, 0.29) is 18.2 Å². The van der Waals surface area contributed by atoms with Gasteiger partial charge in [0.15, 0.2) is 6.29 Å². The molecule has 3 nitrogen and oxygen atoms in total. The number of hydrogen-bond acceptors (Lipinski definition) is 3. The van der Waals surface area contributed by atoms with Crippen molar-refractivity contribution < 1.29 is 14.3 Å². The maximum absolute atomic E-state index is 12.3. The van der Waals surface area contributed by atoms with Crippen molar-refractivity contribution >= 4 is 5.78 Å². The Morgan fingerprint density at radius 2 is 2.00 bits per heavy atom. The summed E-state index contributed by atoms with van der Waals surface area (Å²) >= 11 is 0. The normalized spacial score (nSPS) is 23.6. The summed E-state index contributed by atoms with van der Waals surface area (Å²) in [5.74, 6) is 0.277. The van der Waals surface area contributed by atoms with Crippen molar-refractivity contribution in [3.8, 4) is 0 Å². The van der Waals surface area contributed by atoms with Gasteiger partial charge in [-0.25, -0.2) is 0 Å². The van der Waals surface area contributed by atoms with Gasteiger partial charge in [-0.1, -0.05) is 51.1 Å². The van der Waals surface area contributed by atoms with Gasteiger partial charge in [0.2, 0.25) is 0 Å². The molecule has 1 fully saturated rings. The van der Waals surface area contributed by atoms with Crippen molar-refractivity contribution in [1.82, 2.24) is 0 Å². The molecule has 20 heavy (non-hydrogen) atoms. The highest BCUT2D eigenvalue weighted by Gasteiger charge is 2.40. The molecule has 1 aromatic rings. The van der Waals surface area contributed by atoms with Gasteiger partial charge in [0.25, 0.3) is 0 Å². The van der Waals surface area contributed by atoms with E-state index in [9.17, 15) is 4.79 Å². The maximum Gasteiger partial charge on any atom is 0.184 e. The molecular formula is C17H24O3. The average Bonchev–Trinajstić information content (AvgIpc) is 2.48. The van der Waals surface area contributed by atoms with Crippen molar-refractivity contribution in [2.75, 3.05) is 6.61 Å². The van der Waals surface area contributed by atoms with E-state index in [1.165, 1.54) is 0 Å². The molecule has 0 amide bonds. The minimum Gasteiger partial charge on any atom is -0.348 e. The van der Waals surface area contributed by atoms with Crippen LogP contribution in [0.1, 0.15) is 51.9 Å². The zero-order valence-electron chi connectivity index (χ0n) is 12.6. The van der Waals surface area contributed by atoms with Gasteiger partial charge in [-0.2, -0.15) is 0 Å². The van der Waals surface area contributed by atoms with Crippen LogP contribution in [0, 0.1) is 5.41 Å². The predicted octanol–water partition coefficient (Wildman–Crippen LogP) is 3.89. The standard InChI is InChI=1S/C17H24O3/c1-4-8-14(18)17(2,3)15-11-12-19-16(20-15)13-9-6-5-7-10-13/h5-7,9-10,15-16H,4,8,11-12H2,1-3H3/t15-,16-/m0/s1. The first kappa shape index (κ1) is 15.2. The molecule has 0 spiro atoms. The van der Waals surface area contributed by atoms with Crippen LogP contribution in [0.5, 0.6) is 0 Å². The van der Waals surface area contributed by atoms with Crippen molar-refractivity contribution in [3.05, 3.63) is 35.9 Å². The summed E-state index contributed by atoms with van der Waals surface area (Å²) in [4.78, 5) is 12.3. The lowest BCUT2D eigenvalue weighted by Gasteiger charge is -2.39. The quantitative estimate of drug-likeness (QED) is 0.818. The molecule has 1 aliphatic rings. The highest BCUT2D eigenvalue weighted by Crippen LogP contribution is 2.36. The zero-order chi connectivity index (χ0) is 14.6. The number of rotatable bonds is 5. The topological polar surface area (TPSA) is 35.5 Å². The molecule has 0 unspecified atom stereocenters. The van der Waals surface area contributed by atoms with Crippen LogP contribution < -0.4 is 0 Å². The fourth-order valence-corrected chi connectivity index (χ4v) is 2.58. The van der Waals surface area contributed by atoms with E-state index < -0.39 is 5.41 Å². The molecule has 2 atom stereocenters. The SMILES string of the molecule is CCCC(=O)C(C)(C)[C@@H]1CCO[C@H](c2ccccc2)O1. The molecule has 1 heterocycles. The van der Waals surface area contributed by atoms with Crippen molar-refractivity contribution in [2.24, 2.45) is 5.41 Å². The van der Waals surface area contributed by atoms with Crippen LogP contribution in [0.3, 0.4) is 0 Å². The Kier molecular flexibility index (Phi) is 4.95. The van der Waals surface area contributed by atoms with Crippen LogP contribution >= 0.6 is 0 Å². The first-order valence-electron chi connectivity index (χ1n) is 7.41. The second kappa shape index (κ2) is 6.51. The summed E-state index contributed by atoms with van der Waals surface area (Å²) in [6.07, 6.45) is 1.83. The van der Waals surface area contributed by atoms with Crippen LogP contribution in [0.4, 0.5) is 0 Å². The Bertz CT molecular complexity index is 439. The maximum atomic E-state index is 12.3. The Hall–Kier alpha value is -1.19. The molecular weight excluding hydrogens is 252 g/mol. The number of carbonyl (C=O) groups is 1. The van der Waals surface area contributed by atoms with E-state index in [4.69, 9.17) is 9.47 Å². The summed E-state index contributed by atoms with van der Waals surface area (Å²) in [5, 5.41) is 0. The molecule has 3 heteroatoms. The molecule has 110 valence electrons. The van der Waals surface area contributed by atoms with Crippen molar-refractivity contribution in [2.45, 2.75) is 52.4 Å². The summed E-state index contributed by atoms with van der Waals surface area (Å²) < 4.78 is 11.8. The van der Waals surface area contributed by atoms with E-state index >= 15 is 0 Å². The number of Topliss-reactive ketones (excluding diaryl/α,β-unsaturated/α-hetero) is 1. The molecule has 0 aliphatic carbocycles. The minimum absolute atomic E-state index is 0.0829. The lowest BCUT2D eigenvalue weighted by molar-refractivity contribution is -0.238. The van der Waals surface area contributed by atoms with Gasteiger partial charge >= 0.3 is 0 Å². The molecule has 2 rings (SSSR count). The van der Waals surface area contributed by atoms with E-state index in [2.05, 4.69) is 0 Å².